The Morgan fingerprint density at radius 2 is 2.13 bits per heavy atom. The summed E-state index contributed by atoms with van der Waals surface area (Å²) in [5.74, 6) is -1.19. The molecule has 30 heavy (non-hydrogen) atoms. The molecule has 0 unspecified atom stereocenters. The zero-order valence-electron chi connectivity index (χ0n) is 15.6. The number of hydrogen-bond acceptors (Lipinski definition) is 5. The van der Waals surface area contributed by atoms with Crippen molar-refractivity contribution in [2.75, 3.05) is 18.5 Å². The van der Waals surface area contributed by atoms with Crippen molar-refractivity contribution < 1.29 is 27.5 Å². The fraction of sp³-hybridized carbons (Fsp3) is 0.211. The highest BCUT2D eigenvalue weighted by atomic mass is 19.3. The summed E-state index contributed by atoms with van der Waals surface area (Å²) in [6.45, 7) is -3.28. The highest BCUT2D eigenvalue weighted by molar-refractivity contribution is 6.03. The predicted octanol–water partition coefficient (Wildman–Crippen LogP) is 2.80. The molecule has 0 bridgehead atoms. The second-order valence-corrected chi connectivity index (χ2v) is 6.13. The first-order valence-electron chi connectivity index (χ1n) is 8.79. The molecule has 0 aliphatic heterocycles. The minimum absolute atomic E-state index is 0.0473. The third-order valence-electron chi connectivity index (χ3n) is 3.97. The Hall–Kier alpha value is -3.60. The Morgan fingerprint density at radius 1 is 1.30 bits per heavy atom. The van der Waals surface area contributed by atoms with E-state index in [1.165, 1.54) is 24.5 Å². The Kier molecular flexibility index (Phi) is 6.86. The molecule has 0 saturated heterocycles. The largest absolute Gasteiger partial charge is 0.407 e. The number of halogens is 3. The lowest BCUT2D eigenvalue weighted by atomic mass is 10.1. The topological polar surface area (TPSA) is 103 Å². The highest BCUT2D eigenvalue weighted by Crippen LogP contribution is 2.17. The van der Waals surface area contributed by atoms with Crippen LogP contribution in [0.5, 0.6) is 0 Å². The molecule has 0 radical (unpaired) electrons. The van der Waals surface area contributed by atoms with Crippen molar-refractivity contribution in [1.29, 1.82) is 0 Å². The van der Waals surface area contributed by atoms with Gasteiger partial charge < -0.3 is 25.0 Å². The van der Waals surface area contributed by atoms with Gasteiger partial charge in [0.25, 0.3) is 5.91 Å². The maximum Gasteiger partial charge on any atom is 0.407 e. The van der Waals surface area contributed by atoms with E-state index in [1.54, 1.807) is 10.5 Å². The molecule has 0 saturated carbocycles. The number of amides is 1. The second-order valence-electron chi connectivity index (χ2n) is 6.13. The molecule has 1 amide bonds. The van der Waals surface area contributed by atoms with Crippen LogP contribution in [0.15, 0.2) is 54.1 Å². The average molecular weight is 421 g/mol. The van der Waals surface area contributed by atoms with Gasteiger partial charge in [-0.15, -0.1) is 0 Å². The number of benzene rings is 1. The van der Waals surface area contributed by atoms with Crippen LogP contribution in [0.1, 0.15) is 16.1 Å². The summed E-state index contributed by atoms with van der Waals surface area (Å²) in [5, 5.41) is 5.64. The smallest absolute Gasteiger partial charge is 0.382 e. The van der Waals surface area contributed by atoms with Crippen LogP contribution in [0.25, 0.3) is 5.52 Å². The van der Waals surface area contributed by atoms with Crippen molar-refractivity contribution in [2.45, 2.75) is 13.0 Å². The summed E-state index contributed by atoms with van der Waals surface area (Å²) in [7, 11) is 0. The predicted molar refractivity (Wildman–Crippen MR) is 103 cm³/mol. The van der Waals surface area contributed by atoms with E-state index in [-0.39, 0.29) is 31.2 Å². The molecule has 2 heterocycles. The van der Waals surface area contributed by atoms with Crippen LogP contribution in [-0.2, 0) is 16.0 Å². The van der Waals surface area contributed by atoms with E-state index in [4.69, 9.17) is 10.5 Å². The quantitative estimate of drug-likeness (QED) is 0.239. The molecule has 0 atom stereocenters. The van der Waals surface area contributed by atoms with Gasteiger partial charge in [-0.05, 0) is 48.4 Å². The molecule has 2 aromatic heterocycles. The number of fused-ring (bicyclic) bond motifs is 1. The molecule has 158 valence electrons. The number of amidine groups is 1. The molecule has 3 N–H and O–H groups in total. The van der Waals surface area contributed by atoms with Crippen molar-refractivity contribution in [3.05, 3.63) is 66.0 Å². The third-order valence-corrected chi connectivity index (χ3v) is 3.97. The number of nitrogens with zero attached hydrogens (tertiary/aromatic N) is 3. The van der Waals surface area contributed by atoms with E-state index >= 15 is 0 Å². The van der Waals surface area contributed by atoms with Gasteiger partial charge in [0.05, 0.1) is 12.9 Å². The van der Waals surface area contributed by atoms with E-state index in [2.05, 4.69) is 20.3 Å². The summed E-state index contributed by atoms with van der Waals surface area (Å²) < 4.78 is 44.6. The minimum atomic E-state index is -3.07. The number of carbonyl (C=O) groups excluding carboxylic acids is 1. The van der Waals surface area contributed by atoms with E-state index in [0.29, 0.717) is 11.3 Å². The second kappa shape index (κ2) is 9.74. The number of carbonyl (C=O) groups is 1. The van der Waals surface area contributed by atoms with E-state index in [9.17, 15) is 18.0 Å². The Morgan fingerprint density at radius 3 is 2.93 bits per heavy atom. The van der Waals surface area contributed by atoms with E-state index in [0.717, 1.165) is 5.52 Å². The molecule has 3 aromatic rings. The zero-order valence-corrected chi connectivity index (χ0v) is 15.6. The number of ether oxygens (including phenoxy) is 1. The van der Waals surface area contributed by atoms with Gasteiger partial charge in [0, 0.05) is 17.4 Å². The number of nitrogens with one attached hydrogen (secondary N) is 1. The molecule has 0 fully saturated rings. The monoisotopic (exact) mass is 421 g/mol. The van der Waals surface area contributed by atoms with Gasteiger partial charge in [-0.25, -0.2) is 9.37 Å². The number of rotatable bonds is 9. The van der Waals surface area contributed by atoms with Gasteiger partial charge >= 0.3 is 6.61 Å². The lowest BCUT2D eigenvalue weighted by Gasteiger charge is -2.09. The summed E-state index contributed by atoms with van der Waals surface area (Å²) in [6, 6.07) is 9.44. The van der Waals surface area contributed by atoms with E-state index in [1.807, 2.05) is 18.3 Å². The Balaban J connectivity index is 1.56. The van der Waals surface area contributed by atoms with Crippen molar-refractivity contribution in [2.24, 2.45) is 10.9 Å². The number of alkyl halides is 2. The lowest BCUT2D eigenvalue weighted by Crippen LogP contribution is -2.21. The van der Waals surface area contributed by atoms with Gasteiger partial charge in [-0.3, -0.25) is 4.79 Å². The fourth-order valence-electron chi connectivity index (χ4n) is 2.59. The molecule has 8 nitrogen and oxygen atoms in total. The summed E-state index contributed by atoms with van der Waals surface area (Å²) >= 11 is 0. The van der Waals surface area contributed by atoms with Crippen molar-refractivity contribution >= 4 is 22.9 Å². The van der Waals surface area contributed by atoms with E-state index < -0.39 is 18.3 Å². The average Bonchev–Trinajstić information content (AvgIpc) is 3.19. The number of hydrogen-bond donors (Lipinski definition) is 2. The van der Waals surface area contributed by atoms with Crippen LogP contribution in [0.4, 0.5) is 18.9 Å². The summed E-state index contributed by atoms with van der Waals surface area (Å²) in [6.07, 6.45) is 3.50. The van der Waals surface area contributed by atoms with Crippen LogP contribution in [0, 0.1) is 5.82 Å². The molecule has 1 aromatic carbocycles. The lowest BCUT2D eigenvalue weighted by molar-refractivity contribution is -0.128. The van der Waals surface area contributed by atoms with Crippen molar-refractivity contribution in [3.8, 4) is 0 Å². The van der Waals surface area contributed by atoms with Crippen LogP contribution in [0.3, 0.4) is 0 Å². The zero-order chi connectivity index (χ0) is 21.5. The first-order valence-corrected chi connectivity index (χ1v) is 8.79. The maximum absolute atomic E-state index is 14.0. The standard InChI is InChI=1S/C19H18F3N5O3/c20-15-4-3-13(8-12(15)5-7-29-10-17(23)26-30-19(21)22)25-18(28)16-9-14-2-1-6-27(14)11-24-16/h1-4,6,8-9,11,19H,5,7,10H2,(H2,23,26)(H,25,28). The van der Waals surface area contributed by atoms with Crippen LogP contribution >= 0.6 is 0 Å². The molecule has 11 heteroatoms. The van der Waals surface area contributed by atoms with Crippen molar-refractivity contribution in [3.63, 3.8) is 0 Å². The molecular weight excluding hydrogens is 403 g/mol. The first kappa shape index (κ1) is 21.1. The Labute approximate surface area is 169 Å². The van der Waals surface area contributed by atoms with Gasteiger partial charge in [0.2, 0.25) is 0 Å². The maximum atomic E-state index is 14.0. The molecular formula is C19H18F3N5O3. The Bertz CT molecular complexity index is 1050. The number of anilines is 1. The first-order chi connectivity index (χ1) is 14.4. The number of oxime groups is 1. The third kappa shape index (κ3) is 5.70. The molecule has 3 rings (SSSR count). The van der Waals surface area contributed by atoms with Gasteiger partial charge in [0.15, 0.2) is 5.84 Å². The van der Waals surface area contributed by atoms with Crippen LogP contribution in [0.2, 0.25) is 0 Å². The van der Waals surface area contributed by atoms with Gasteiger partial charge in [-0.1, -0.05) is 5.16 Å². The van der Waals surface area contributed by atoms with Gasteiger partial charge in [-0.2, -0.15) is 8.78 Å². The molecule has 0 spiro atoms. The molecule has 0 aliphatic rings. The summed E-state index contributed by atoms with van der Waals surface area (Å²) in [4.78, 5) is 20.2. The fourth-order valence-corrected chi connectivity index (χ4v) is 2.59. The number of aromatic nitrogens is 2. The normalized spacial score (nSPS) is 11.8. The highest BCUT2D eigenvalue weighted by Gasteiger charge is 2.11. The number of nitrogens with two attached hydrogens (primary N) is 1. The van der Waals surface area contributed by atoms with Crippen LogP contribution in [-0.4, -0.2) is 41.0 Å². The van der Waals surface area contributed by atoms with Gasteiger partial charge in [0.1, 0.15) is 18.1 Å². The molecule has 0 aliphatic carbocycles. The van der Waals surface area contributed by atoms with Crippen LogP contribution < -0.4 is 11.1 Å². The minimum Gasteiger partial charge on any atom is -0.382 e. The van der Waals surface area contributed by atoms with Crippen molar-refractivity contribution in [1.82, 2.24) is 9.38 Å². The summed E-state index contributed by atoms with van der Waals surface area (Å²) in [5.41, 5.74) is 7.05. The SMILES string of the molecule is NC(COCCc1cc(NC(=O)c2cc3cccn3cn2)ccc1F)=NOC(F)F.